The van der Waals surface area contributed by atoms with E-state index in [-0.39, 0.29) is 0 Å². The van der Waals surface area contributed by atoms with Crippen LogP contribution >= 0.6 is 0 Å². The lowest BCUT2D eigenvalue weighted by Crippen LogP contribution is -2.41. The summed E-state index contributed by atoms with van der Waals surface area (Å²) >= 11 is 0. The molecule has 0 saturated heterocycles. The Morgan fingerprint density at radius 1 is 0.743 bits per heavy atom. The molecule has 172 valence electrons. The third kappa shape index (κ3) is 4.49. The van der Waals surface area contributed by atoms with Gasteiger partial charge in [0, 0.05) is 17.3 Å². The second kappa shape index (κ2) is 9.18. The Morgan fingerprint density at radius 2 is 1.37 bits per heavy atom. The number of amides is 2. The van der Waals surface area contributed by atoms with Crippen LogP contribution in [0, 0.1) is 13.8 Å². The fourth-order valence-electron chi connectivity index (χ4n) is 3.69. The smallest absolute Gasteiger partial charge is 0.267 e. The van der Waals surface area contributed by atoms with Gasteiger partial charge in [-0.25, -0.2) is 14.6 Å². The lowest BCUT2D eigenvalue weighted by Gasteiger charge is -2.09. The molecule has 0 fully saturated rings. The molecule has 0 unspecified atom stereocenters. The molecule has 8 nitrogen and oxygen atoms in total. The summed E-state index contributed by atoms with van der Waals surface area (Å²) in [6.45, 7) is 3.76. The summed E-state index contributed by atoms with van der Waals surface area (Å²) in [5.74, 6) is -0.941. The minimum Gasteiger partial charge on any atom is -0.267 e. The van der Waals surface area contributed by atoms with Crippen molar-refractivity contribution in [2.24, 2.45) is 0 Å². The summed E-state index contributed by atoms with van der Waals surface area (Å²) in [6.07, 6.45) is 1.65. The summed E-state index contributed by atoms with van der Waals surface area (Å²) in [7, 11) is 0. The minimum absolute atomic E-state index is 0.329. The standard InChI is InChI=1S/C27H22N6O2/c1-17-18(2)29-24-15-20(13-14-23(24)28-17)26(34)30-31-27(35)22-16-33(21-11-7-4-8-12-21)32-25(22)19-9-5-3-6-10-19/h3-16H,1-2H3,(H,30,34)(H,31,35). The highest BCUT2D eigenvalue weighted by atomic mass is 16.2. The molecule has 35 heavy (non-hydrogen) atoms. The van der Waals surface area contributed by atoms with Crippen LogP contribution in [0.5, 0.6) is 0 Å². The molecule has 0 aliphatic heterocycles. The lowest BCUT2D eigenvalue weighted by atomic mass is 10.1. The van der Waals surface area contributed by atoms with Crippen molar-refractivity contribution < 1.29 is 9.59 Å². The molecule has 0 atom stereocenters. The molecule has 2 aromatic heterocycles. The number of carbonyl (C=O) groups is 2. The maximum Gasteiger partial charge on any atom is 0.273 e. The van der Waals surface area contributed by atoms with Crippen molar-refractivity contribution in [2.45, 2.75) is 13.8 Å². The second-order valence-corrected chi connectivity index (χ2v) is 8.04. The van der Waals surface area contributed by atoms with Crippen LogP contribution < -0.4 is 10.9 Å². The molecule has 2 amide bonds. The normalized spacial score (nSPS) is 10.8. The number of nitrogens with one attached hydrogen (secondary N) is 2. The molecule has 5 rings (SSSR count). The van der Waals surface area contributed by atoms with E-state index in [9.17, 15) is 9.59 Å². The van der Waals surface area contributed by atoms with E-state index in [0.717, 1.165) is 22.6 Å². The molecular weight excluding hydrogens is 440 g/mol. The van der Waals surface area contributed by atoms with E-state index in [1.807, 2.05) is 74.5 Å². The monoisotopic (exact) mass is 462 g/mol. The van der Waals surface area contributed by atoms with Crippen molar-refractivity contribution in [2.75, 3.05) is 0 Å². The van der Waals surface area contributed by atoms with Gasteiger partial charge in [0.1, 0.15) is 5.69 Å². The Kier molecular flexibility index (Phi) is 5.76. The van der Waals surface area contributed by atoms with Crippen LogP contribution in [0.25, 0.3) is 28.0 Å². The van der Waals surface area contributed by atoms with E-state index in [1.54, 1.807) is 29.1 Å². The molecule has 0 saturated carbocycles. The molecular formula is C27H22N6O2. The number of aromatic nitrogens is 4. The number of hydrogen-bond donors (Lipinski definition) is 2. The Labute approximate surface area is 201 Å². The first-order valence-corrected chi connectivity index (χ1v) is 11.1. The van der Waals surface area contributed by atoms with Crippen molar-refractivity contribution in [3.63, 3.8) is 0 Å². The number of hydrazine groups is 1. The van der Waals surface area contributed by atoms with Gasteiger partial charge in [0.2, 0.25) is 0 Å². The van der Waals surface area contributed by atoms with Gasteiger partial charge in [-0.3, -0.25) is 20.4 Å². The predicted molar refractivity (Wildman–Crippen MR) is 133 cm³/mol. The van der Waals surface area contributed by atoms with Crippen molar-refractivity contribution >= 4 is 22.8 Å². The van der Waals surface area contributed by atoms with Gasteiger partial charge in [-0.2, -0.15) is 5.10 Å². The van der Waals surface area contributed by atoms with Gasteiger partial charge in [-0.05, 0) is 44.2 Å². The van der Waals surface area contributed by atoms with Crippen LogP contribution in [0.2, 0.25) is 0 Å². The Balaban J connectivity index is 1.39. The molecule has 0 bridgehead atoms. The van der Waals surface area contributed by atoms with Crippen LogP contribution in [-0.2, 0) is 0 Å². The highest BCUT2D eigenvalue weighted by molar-refractivity contribution is 6.03. The van der Waals surface area contributed by atoms with Crippen LogP contribution in [-0.4, -0.2) is 31.6 Å². The van der Waals surface area contributed by atoms with Crippen LogP contribution in [0.15, 0.2) is 85.1 Å². The van der Waals surface area contributed by atoms with Gasteiger partial charge in [-0.1, -0.05) is 48.5 Å². The van der Waals surface area contributed by atoms with E-state index in [4.69, 9.17) is 0 Å². The average Bonchev–Trinajstić information content (AvgIpc) is 3.34. The largest absolute Gasteiger partial charge is 0.273 e. The second-order valence-electron chi connectivity index (χ2n) is 8.04. The minimum atomic E-state index is -0.480. The summed E-state index contributed by atoms with van der Waals surface area (Å²) in [5.41, 5.74) is 10.8. The van der Waals surface area contributed by atoms with E-state index in [0.29, 0.717) is 27.9 Å². The van der Waals surface area contributed by atoms with Gasteiger partial charge in [0.25, 0.3) is 11.8 Å². The van der Waals surface area contributed by atoms with E-state index in [2.05, 4.69) is 25.9 Å². The topological polar surface area (TPSA) is 102 Å². The number of hydrogen-bond acceptors (Lipinski definition) is 5. The van der Waals surface area contributed by atoms with Gasteiger partial charge in [0.05, 0.1) is 33.7 Å². The summed E-state index contributed by atoms with van der Waals surface area (Å²) in [4.78, 5) is 34.9. The first-order chi connectivity index (χ1) is 17.0. The molecule has 5 aromatic rings. The zero-order valence-electron chi connectivity index (χ0n) is 19.2. The fraction of sp³-hybridized carbons (Fsp3) is 0.0741. The van der Waals surface area contributed by atoms with Gasteiger partial charge in [-0.15, -0.1) is 0 Å². The van der Waals surface area contributed by atoms with E-state index >= 15 is 0 Å². The van der Waals surface area contributed by atoms with Crippen molar-refractivity contribution in [3.8, 4) is 16.9 Å². The van der Waals surface area contributed by atoms with Crippen molar-refractivity contribution in [1.29, 1.82) is 0 Å². The van der Waals surface area contributed by atoms with Crippen LogP contribution in [0.4, 0.5) is 0 Å². The quantitative estimate of drug-likeness (QED) is 0.390. The van der Waals surface area contributed by atoms with Gasteiger partial charge >= 0.3 is 0 Å². The Bertz CT molecular complexity index is 1540. The maximum atomic E-state index is 13.1. The molecule has 0 aliphatic carbocycles. The average molecular weight is 463 g/mol. The molecule has 0 spiro atoms. The fourth-order valence-corrected chi connectivity index (χ4v) is 3.69. The van der Waals surface area contributed by atoms with Crippen LogP contribution in [0.3, 0.4) is 0 Å². The van der Waals surface area contributed by atoms with E-state index in [1.165, 1.54) is 0 Å². The number of carbonyl (C=O) groups excluding carboxylic acids is 2. The highest BCUT2D eigenvalue weighted by Crippen LogP contribution is 2.23. The number of nitrogens with zero attached hydrogens (tertiary/aromatic N) is 4. The summed E-state index contributed by atoms with van der Waals surface area (Å²) < 4.78 is 1.64. The van der Waals surface area contributed by atoms with Crippen molar-refractivity contribution in [3.05, 3.63) is 108 Å². The van der Waals surface area contributed by atoms with Gasteiger partial charge < -0.3 is 0 Å². The first-order valence-electron chi connectivity index (χ1n) is 11.1. The lowest BCUT2D eigenvalue weighted by molar-refractivity contribution is 0.0847. The van der Waals surface area contributed by atoms with Gasteiger partial charge in [0.15, 0.2) is 0 Å². The number of fused-ring (bicyclic) bond motifs is 1. The highest BCUT2D eigenvalue weighted by Gasteiger charge is 2.19. The van der Waals surface area contributed by atoms with E-state index < -0.39 is 11.8 Å². The first kappa shape index (κ1) is 22.0. The molecule has 2 N–H and O–H groups in total. The molecule has 0 radical (unpaired) electrons. The number of para-hydroxylation sites is 1. The third-order valence-electron chi connectivity index (χ3n) is 5.65. The molecule has 3 aromatic carbocycles. The SMILES string of the molecule is Cc1nc2ccc(C(=O)NNC(=O)c3cn(-c4ccccc4)nc3-c3ccccc3)cc2nc1C. The van der Waals surface area contributed by atoms with Crippen LogP contribution in [0.1, 0.15) is 32.1 Å². The number of aryl methyl sites for hydroxylation is 2. The molecule has 0 aliphatic rings. The molecule has 2 heterocycles. The zero-order valence-corrected chi connectivity index (χ0v) is 19.2. The summed E-state index contributed by atoms with van der Waals surface area (Å²) in [5, 5.41) is 4.63. The third-order valence-corrected chi connectivity index (χ3v) is 5.65. The maximum absolute atomic E-state index is 13.1. The zero-order chi connectivity index (χ0) is 24.4. The Morgan fingerprint density at radius 3 is 2.09 bits per heavy atom. The molecule has 8 heteroatoms. The summed E-state index contributed by atoms with van der Waals surface area (Å²) in [6, 6.07) is 24.0. The number of rotatable bonds is 4. The predicted octanol–water partition coefficient (Wildman–Crippen LogP) is 4.17. The number of benzene rings is 3. The van der Waals surface area contributed by atoms with Crippen molar-refractivity contribution in [1.82, 2.24) is 30.6 Å². The Hall–Kier alpha value is -4.85.